The first-order valence-corrected chi connectivity index (χ1v) is 7.99. The first-order valence-electron chi connectivity index (χ1n) is 7.99. The zero-order valence-corrected chi connectivity index (χ0v) is 13.9. The van der Waals surface area contributed by atoms with Crippen LogP contribution in [0.25, 0.3) is 0 Å². The molecule has 0 saturated carbocycles. The Bertz CT molecular complexity index is 591. The van der Waals surface area contributed by atoms with E-state index in [0.29, 0.717) is 30.9 Å². The number of amides is 3. The largest absolute Gasteiger partial charge is 0.328 e. The van der Waals surface area contributed by atoms with E-state index in [2.05, 4.69) is 5.32 Å². The van der Waals surface area contributed by atoms with E-state index in [1.54, 1.807) is 35.9 Å². The Morgan fingerprint density at radius 2 is 2.17 bits per heavy atom. The molecule has 0 spiro atoms. The Labute approximate surface area is 136 Å². The van der Waals surface area contributed by atoms with Crippen molar-refractivity contribution in [1.82, 2.24) is 9.80 Å². The van der Waals surface area contributed by atoms with Crippen molar-refractivity contribution in [2.24, 2.45) is 5.92 Å². The quantitative estimate of drug-likeness (QED) is 0.931. The number of rotatable bonds is 3. The zero-order chi connectivity index (χ0) is 17.0. The van der Waals surface area contributed by atoms with Gasteiger partial charge in [-0.1, -0.05) is 6.07 Å². The summed E-state index contributed by atoms with van der Waals surface area (Å²) in [5.41, 5.74) is 0.993. The molecule has 1 saturated heterocycles. The van der Waals surface area contributed by atoms with Crippen molar-refractivity contribution in [1.29, 1.82) is 0 Å². The summed E-state index contributed by atoms with van der Waals surface area (Å²) in [6.45, 7) is 5.30. The highest BCUT2D eigenvalue weighted by molar-refractivity contribution is 5.93. The number of urea groups is 1. The number of likely N-dealkylation sites (tertiary alicyclic amines) is 1. The monoisotopic (exact) mass is 321 g/mol. The Morgan fingerprint density at radius 3 is 2.83 bits per heavy atom. The van der Waals surface area contributed by atoms with Gasteiger partial charge in [0.2, 0.25) is 5.91 Å². The molecule has 3 amide bonds. The van der Waals surface area contributed by atoms with E-state index in [1.165, 1.54) is 6.07 Å². The summed E-state index contributed by atoms with van der Waals surface area (Å²) in [5.74, 6) is -0.764. The van der Waals surface area contributed by atoms with Crippen LogP contribution in [0.2, 0.25) is 0 Å². The lowest BCUT2D eigenvalue weighted by Gasteiger charge is -2.34. The van der Waals surface area contributed by atoms with Gasteiger partial charge in [-0.3, -0.25) is 4.79 Å². The van der Waals surface area contributed by atoms with E-state index in [4.69, 9.17) is 0 Å². The number of carbonyl (C=O) groups excluding carboxylic acids is 2. The van der Waals surface area contributed by atoms with Crippen LogP contribution in [0.4, 0.5) is 14.9 Å². The maximum atomic E-state index is 13.6. The van der Waals surface area contributed by atoms with Crippen LogP contribution in [0.15, 0.2) is 18.2 Å². The number of piperidine rings is 1. The van der Waals surface area contributed by atoms with Crippen LogP contribution in [-0.2, 0) is 4.79 Å². The average Bonchev–Trinajstić information content (AvgIpc) is 2.56. The van der Waals surface area contributed by atoms with Crippen molar-refractivity contribution in [3.63, 3.8) is 0 Å². The van der Waals surface area contributed by atoms with Gasteiger partial charge in [-0.15, -0.1) is 0 Å². The fourth-order valence-corrected chi connectivity index (χ4v) is 2.66. The van der Waals surface area contributed by atoms with E-state index in [1.807, 2.05) is 6.92 Å². The van der Waals surface area contributed by atoms with Crippen LogP contribution in [0.5, 0.6) is 0 Å². The number of hydrogen-bond acceptors (Lipinski definition) is 2. The standard InChI is InChI=1S/C17H24FN3O2/c1-4-20(3)17(23)21-9-5-6-13(11-21)16(22)19-14-8-7-12(2)15(18)10-14/h7-8,10,13H,4-6,9,11H2,1-3H3,(H,19,22)/t13-/m0/s1. The lowest BCUT2D eigenvalue weighted by atomic mass is 9.97. The molecule has 1 aromatic carbocycles. The predicted octanol–water partition coefficient (Wildman–Crippen LogP) is 2.86. The molecule has 0 aliphatic carbocycles. The third kappa shape index (κ3) is 4.21. The lowest BCUT2D eigenvalue weighted by Crippen LogP contribution is -2.48. The summed E-state index contributed by atoms with van der Waals surface area (Å²) < 4.78 is 13.6. The van der Waals surface area contributed by atoms with E-state index in [9.17, 15) is 14.0 Å². The lowest BCUT2D eigenvalue weighted by molar-refractivity contribution is -0.121. The molecule has 1 fully saturated rings. The van der Waals surface area contributed by atoms with Crippen molar-refractivity contribution >= 4 is 17.6 Å². The number of anilines is 1. The van der Waals surface area contributed by atoms with E-state index >= 15 is 0 Å². The van der Waals surface area contributed by atoms with Gasteiger partial charge in [0.1, 0.15) is 5.82 Å². The minimum atomic E-state index is -0.340. The fourth-order valence-electron chi connectivity index (χ4n) is 2.66. The van der Waals surface area contributed by atoms with Gasteiger partial charge >= 0.3 is 6.03 Å². The van der Waals surface area contributed by atoms with E-state index in [-0.39, 0.29) is 23.7 Å². The molecule has 1 aliphatic heterocycles. The second-order valence-corrected chi connectivity index (χ2v) is 6.04. The molecular weight excluding hydrogens is 297 g/mol. The van der Waals surface area contributed by atoms with Gasteiger partial charge in [-0.2, -0.15) is 0 Å². The summed E-state index contributed by atoms with van der Waals surface area (Å²) in [6, 6.07) is 4.60. The summed E-state index contributed by atoms with van der Waals surface area (Å²) in [6.07, 6.45) is 1.53. The smallest absolute Gasteiger partial charge is 0.319 e. The number of benzene rings is 1. The van der Waals surface area contributed by atoms with Crippen LogP contribution in [0, 0.1) is 18.7 Å². The molecule has 2 rings (SSSR count). The van der Waals surface area contributed by atoms with Crippen LogP contribution < -0.4 is 5.32 Å². The minimum Gasteiger partial charge on any atom is -0.328 e. The highest BCUT2D eigenvalue weighted by Gasteiger charge is 2.29. The molecule has 0 unspecified atom stereocenters. The maximum absolute atomic E-state index is 13.6. The molecule has 6 heteroatoms. The molecule has 0 aromatic heterocycles. The third-order valence-corrected chi connectivity index (χ3v) is 4.30. The molecule has 1 heterocycles. The van der Waals surface area contributed by atoms with Crippen molar-refractivity contribution < 1.29 is 14.0 Å². The van der Waals surface area contributed by atoms with Crippen LogP contribution in [-0.4, -0.2) is 48.4 Å². The topological polar surface area (TPSA) is 52.7 Å². The van der Waals surface area contributed by atoms with Gasteiger partial charge in [-0.05, 0) is 44.4 Å². The van der Waals surface area contributed by atoms with Crippen LogP contribution in [0.3, 0.4) is 0 Å². The number of carbonyl (C=O) groups is 2. The number of aryl methyl sites for hydroxylation is 1. The number of nitrogens with zero attached hydrogens (tertiary/aromatic N) is 2. The van der Waals surface area contributed by atoms with E-state index in [0.717, 1.165) is 12.8 Å². The van der Waals surface area contributed by atoms with Crippen molar-refractivity contribution in [2.45, 2.75) is 26.7 Å². The summed E-state index contributed by atoms with van der Waals surface area (Å²) in [5, 5.41) is 2.75. The molecule has 23 heavy (non-hydrogen) atoms. The van der Waals surface area contributed by atoms with Gasteiger partial charge in [0.15, 0.2) is 0 Å². The first-order chi connectivity index (χ1) is 10.9. The predicted molar refractivity (Wildman–Crippen MR) is 87.8 cm³/mol. The van der Waals surface area contributed by atoms with Gasteiger partial charge < -0.3 is 15.1 Å². The second kappa shape index (κ2) is 7.44. The first kappa shape index (κ1) is 17.2. The third-order valence-electron chi connectivity index (χ3n) is 4.30. The molecular formula is C17H24FN3O2. The number of hydrogen-bond donors (Lipinski definition) is 1. The van der Waals surface area contributed by atoms with E-state index < -0.39 is 0 Å². The number of halogens is 1. The summed E-state index contributed by atoms with van der Waals surface area (Å²) in [4.78, 5) is 27.9. The van der Waals surface area contributed by atoms with Crippen molar-refractivity contribution in [3.05, 3.63) is 29.6 Å². The normalized spacial score (nSPS) is 17.7. The molecule has 126 valence electrons. The molecule has 1 N–H and O–H groups in total. The van der Waals surface area contributed by atoms with Crippen LogP contribution >= 0.6 is 0 Å². The van der Waals surface area contributed by atoms with Gasteiger partial charge in [0.05, 0.1) is 5.92 Å². The highest BCUT2D eigenvalue weighted by atomic mass is 19.1. The molecule has 1 aliphatic rings. The second-order valence-electron chi connectivity index (χ2n) is 6.04. The Kier molecular flexibility index (Phi) is 5.58. The van der Waals surface area contributed by atoms with Gasteiger partial charge in [0.25, 0.3) is 0 Å². The summed E-state index contributed by atoms with van der Waals surface area (Å²) in [7, 11) is 1.75. The SMILES string of the molecule is CCN(C)C(=O)N1CCC[C@H](C(=O)Nc2ccc(C)c(F)c2)C1. The Morgan fingerprint density at radius 1 is 1.43 bits per heavy atom. The van der Waals surface area contributed by atoms with Gasteiger partial charge in [-0.25, -0.2) is 9.18 Å². The number of nitrogens with one attached hydrogen (secondary N) is 1. The molecule has 0 bridgehead atoms. The fraction of sp³-hybridized carbons (Fsp3) is 0.529. The maximum Gasteiger partial charge on any atom is 0.319 e. The Balaban J connectivity index is 1.99. The Hall–Kier alpha value is -2.11. The van der Waals surface area contributed by atoms with Crippen molar-refractivity contribution in [3.8, 4) is 0 Å². The zero-order valence-electron chi connectivity index (χ0n) is 13.9. The molecule has 1 atom stereocenters. The van der Waals surface area contributed by atoms with Gasteiger partial charge in [0, 0.05) is 32.4 Å². The molecule has 0 radical (unpaired) electrons. The van der Waals surface area contributed by atoms with Crippen LogP contribution in [0.1, 0.15) is 25.3 Å². The average molecular weight is 321 g/mol. The summed E-state index contributed by atoms with van der Waals surface area (Å²) >= 11 is 0. The minimum absolute atomic E-state index is 0.0496. The van der Waals surface area contributed by atoms with Crippen molar-refractivity contribution in [2.75, 3.05) is 32.0 Å². The molecule has 1 aromatic rings. The highest BCUT2D eigenvalue weighted by Crippen LogP contribution is 2.20. The molecule has 5 nitrogen and oxygen atoms in total.